The van der Waals surface area contributed by atoms with Crippen LogP contribution in [0.5, 0.6) is 0 Å². The Labute approximate surface area is 134 Å². The second kappa shape index (κ2) is 6.26. The third kappa shape index (κ3) is 3.10. The van der Waals surface area contributed by atoms with E-state index in [-0.39, 0.29) is 18.2 Å². The number of fused-ring (bicyclic) bond motifs is 1. The van der Waals surface area contributed by atoms with Gasteiger partial charge in [-0.05, 0) is 49.5 Å². The predicted molar refractivity (Wildman–Crippen MR) is 84.2 cm³/mol. The van der Waals surface area contributed by atoms with E-state index in [1.165, 1.54) is 0 Å². The zero-order valence-electron chi connectivity index (χ0n) is 12.2. The van der Waals surface area contributed by atoms with Gasteiger partial charge >= 0.3 is 5.97 Å². The molecule has 2 heterocycles. The van der Waals surface area contributed by atoms with Crippen LogP contribution < -0.4 is 5.32 Å². The van der Waals surface area contributed by atoms with Crippen molar-refractivity contribution >= 4 is 29.2 Å². The molecule has 1 saturated heterocycles. The van der Waals surface area contributed by atoms with E-state index in [0.29, 0.717) is 17.5 Å². The Bertz CT molecular complexity index is 597. The number of likely N-dealkylation sites (tertiary alicyclic amines) is 1. The standard InChI is InChI=1S/C16H19ClN2O3/c17-11-1-2-12-13(9-11)18-16(22)15(12)10-3-6-19(7-4-10)8-5-14(20)21/h1-2,9-10,15H,3-8H2,(H,18,22)(H,20,21). The van der Waals surface area contributed by atoms with Crippen LogP contribution in [0.3, 0.4) is 0 Å². The Kier molecular flexibility index (Phi) is 4.36. The normalized spacial score (nSPS) is 22.4. The van der Waals surface area contributed by atoms with Crippen LogP contribution >= 0.6 is 11.6 Å². The first-order chi connectivity index (χ1) is 10.5. The van der Waals surface area contributed by atoms with Crippen molar-refractivity contribution in [2.45, 2.75) is 25.2 Å². The van der Waals surface area contributed by atoms with Crippen molar-refractivity contribution in [3.63, 3.8) is 0 Å². The van der Waals surface area contributed by atoms with Crippen LogP contribution in [-0.4, -0.2) is 41.5 Å². The molecule has 5 nitrogen and oxygen atoms in total. The van der Waals surface area contributed by atoms with E-state index in [1.807, 2.05) is 12.1 Å². The second-order valence-corrected chi connectivity index (χ2v) is 6.46. The van der Waals surface area contributed by atoms with Gasteiger partial charge in [-0.2, -0.15) is 0 Å². The maximum Gasteiger partial charge on any atom is 0.304 e. The summed E-state index contributed by atoms with van der Waals surface area (Å²) in [6.45, 7) is 2.29. The SMILES string of the molecule is O=C(O)CCN1CCC(C2C(=O)Nc3cc(Cl)ccc32)CC1. The lowest BCUT2D eigenvalue weighted by Crippen LogP contribution is -2.38. The molecule has 118 valence electrons. The topological polar surface area (TPSA) is 69.6 Å². The molecular weight excluding hydrogens is 304 g/mol. The number of hydrogen-bond donors (Lipinski definition) is 2. The number of halogens is 1. The van der Waals surface area contributed by atoms with E-state index in [4.69, 9.17) is 16.7 Å². The largest absolute Gasteiger partial charge is 0.481 e. The minimum absolute atomic E-state index is 0.0567. The zero-order valence-corrected chi connectivity index (χ0v) is 13.0. The van der Waals surface area contributed by atoms with Crippen LogP contribution in [0, 0.1) is 5.92 Å². The van der Waals surface area contributed by atoms with Gasteiger partial charge in [0.1, 0.15) is 0 Å². The number of nitrogens with one attached hydrogen (secondary N) is 1. The Morgan fingerprint density at radius 1 is 1.36 bits per heavy atom. The molecule has 1 amide bonds. The summed E-state index contributed by atoms with van der Waals surface area (Å²) in [6, 6.07) is 5.57. The summed E-state index contributed by atoms with van der Waals surface area (Å²) in [5, 5.41) is 12.3. The number of aliphatic carboxylic acids is 1. The molecule has 0 spiro atoms. The Morgan fingerprint density at radius 3 is 2.77 bits per heavy atom. The summed E-state index contributed by atoms with van der Waals surface area (Å²) in [5.41, 5.74) is 1.87. The van der Waals surface area contributed by atoms with Crippen molar-refractivity contribution in [1.29, 1.82) is 0 Å². The fourth-order valence-electron chi connectivity index (χ4n) is 3.49. The number of carboxylic acid groups (broad SMARTS) is 1. The summed E-state index contributed by atoms with van der Waals surface area (Å²) in [5.74, 6) is -0.498. The van der Waals surface area contributed by atoms with E-state index in [0.717, 1.165) is 37.2 Å². The lowest BCUT2D eigenvalue weighted by atomic mass is 9.81. The molecule has 1 atom stereocenters. The maximum absolute atomic E-state index is 12.3. The molecule has 0 bridgehead atoms. The molecule has 1 fully saturated rings. The van der Waals surface area contributed by atoms with Gasteiger partial charge < -0.3 is 15.3 Å². The molecule has 6 heteroatoms. The number of carbonyl (C=O) groups is 2. The molecule has 3 rings (SSSR count). The number of carboxylic acids is 1. The van der Waals surface area contributed by atoms with Gasteiger partial charge in [0.25, 0.3) is 0 Å². The van der Waals surface area contributed by atoms with Crippen molar-refractivity contribution in [2.24, 2.45) is 5.92 Å². The molecule has 0 saturated carbocycles. The molecule has 0 aromatic heterocycles. The highest BCUT2D eigenvalue weighted by atomic mass is 35.5. The zero-order chi connectivity index (χ0) is 15.7. The van der Waals surface area contributed by atoms with Crippen molar-refractivity contribution in [3.8, 4) is 0 Å². The van der Waals surface area contributed by atoms with Gasteiger partial charge in [0, 0.05) is 17.3 Å². The van der Waals surface area contributed by atoms with E-state index < -0.39 is 5.97 Å². The maximum atomic E-state index is 12.3. The van der Waals surface area contributed by atoms with Gasteiger partial charge in [0.15, 0.2) is 0 Å². The number of amides is 1. The molecule has 0 aliphatic carbocycles. The van der Waals surface area contributed by atoms with E-state index in [1.54, 1.807) is 6.07 Å². The van der Waals surface area contributed by atoms with Crippen LogP contribution in [0.25, 0.3) is 0 Å². The van der Waals surface area contributed by atoms with Gasteiger partial charge in [-0.1, -0.05) is 17.7 Å². The average molecular weight is 323 g/mol. The molecule has 2 aliphatic heterocycles. The first-order valence-electron chi connectivity index (χ1n) is 7.59. The Balaban J connectivity index is 1.65. The summed E-state index contributed by atoms with van der Waals surface area (Å²) < 4.78 is 0. The smallest absolute Gasteiger partial charge is 0.304 e. The number of carbonyl (C=O) groups excluding carboxylic acids is 1. The van der Waals surface area contributed by atoms with Gasteiger partial charge in [0.2, 0.25) is 5.91 Å². The van der Waals surface area contributed by atoms with Gasteiger partial charge in [-0.25, -0.2) is 0 Å². The van der Waals surface area contributed by atoms with Crippen LogP contribution in [0.2, 0.25) is 5.02 Å². The molecule has 1 aromatic carbocycles. The number of piperidine rings is 1. The molecule has 0 radical (unpaired) electrons. The number of hydrogen-bond acceptors (Lipinski definition) is 3. The van der Waals surface area contributed by atoms with Gasteiger partial charge in [-0.15, -0.1) is 0 Å². The highest BCUT2D eigenvalue weighted by molar-refractivity contribution is 6.31. The minimum Gasteiger partial charge on any atom is -0.481 e. The van der Waals surface area contributed by atoms with E-state index in [2.05, 4.69) is 10.2 Å². The number of rotatable bonds is 4. The molecule has 2 aliphatic rings. The first kappa shape index (κ1) is 15.3. The van der Waals surface area contributed by atoms with Crippen molar-refractivity contribution in [3.05, 3.63) is 28.8 Å². The number of benzene rings is 1. The van der Waals surface area contributed by atoms with E-state index in [9.17, 15) is 9.59 Å². The van der Waals surface area contributed by atoms with Crippen LogP contribution in [0.4, 0.5) is 5.69 Å². The quantitative estimate of drug-likeness (QED) is 0.894. The third-order valence-electron chi connectivity index (χ3n) is 4.64. The summed E-state index contributed by atoms with van der Waals surface area (Å²) >= 11 is 5.98. The van der Waals surface area contributed by atoms with E-state index >= 15 is 0 Å². The first-order valence-corrected chi connectivity index (χ1v) is 7.97. The molecule has 1 unspecified atom stereocenters. The van der Waals surface area contributed by atoms with Crippen LogP contribution in [0.15, 0.2) is 18.2 Å². The summed E-state index contributed by atoms with van der Waals surface area (Å²) in [6.07, 6.45) is 2.01. The minimum atomic E-state index is -0.761. The fourth-order valence-corrected chi connectivity index (χ4v) is 3.66. The van der Waals surface area contributed by atoms with Crippen LogP contribution in [-0.2, 0) is 9.59 Å². The summed E-state index contributed by atoms with van der Waals surface area (Å²) in [4.78, 5) is 25.1. The Hall–Kier alpha value is -1.59. The third-order valence-corrected chi connectivity index (χ3v) is 4.87. The lowest BCUT2D eigenvalue weighted by molar-refractivity contribution is -0.137. The highest BCUT2D eigenvalue weighted by Gasteiger charge is 2.38. The number of anilines is 1. The van der Waals surface area contributed by atoms with Crippen molar-refractivity contribution in [2.75, 3.05) is 25.0 Å². The monoisotopic (exact) mass is 322 g/mol. The predicted octanol–water partition coefficient (Wildman–Crippen LogP) is 2.56. The fraction of sp³-hybridized carbons (Fsp3) is 0.500. The van der Waals surface area contributed by atoms with Crippen molar-refractivity contribution < 1.29 is 14.7 Å². The second-order valence-electron chi connectivity index (χ2n) is 6.02. The average Bonchev–Trinajstić information content (AvgIpc) is 2.80. The molecule has 2 N–H and O–H groups in total. The number of nitrogens with zero attached hydrogens (tertiary/aromatic N) is 1. The molecule has 1 aromatic rings. The molecular formula is C16H19ClN2O3. The van der Waals surface area contributed by atoms with Gasteiger partial charge in [-0.3, -0.25) is 9.59 Å². The molecule has 22 heavy (non-hydrogen) atoms. The lowest BCUT2D eigenvalue weighted by Gasteiger charge is -2.33. The summed E-state index contributed by atoms with van der Waals surface area (Å²) in [7, 11) is 0. The van der Waals surface area contributed by atoms with Crippen LogP contribution in [0.1, 0.15) is 30.7 Å². The Morgan fingerprint density at radius 2 is 2.09 bits per heavy atom. The van der Waals surface area contributed by atoms with Gasteiger partial charge in [0.05, 0.1) is 12.3 Å². The highest BCUT2D eigenvalue weighted by Crippen LogP contribution is 2.42. The van der Waals surface area contributed by atoms with Crippen molar-refractivity contribution in [1.82, 2.24) is 4.90 Å².